The van der Waals surface area contributed by atoms with Crippen molar-refractivity contribution in [3.8, 4) is 0 Å². The van der Waals surface area contributed by atoms with Gasteiger partial charge in [-0.3, -0.25) is 0 Å². The van der Waals surface area contributed by atoms with Crippen LogP contribution in [-0.2, 0) is 0 Å². The van der Waals surface area contributed by atoms with Gasteiger partial charge in [-0.25, -0.2) is 0 Å². The van der Waals surface area contributed by atoms with Crippen LogP contribution in [0.15, 0.2) is 6.58 Å². The van der Waals surface area contributed by atoms with E-state index in [1.807, 2.05) is 13.8 Å². The van der Waals surface area contributed by atoms with E-state index in [0.29, 0.717) is 0 Å². The van der Waals surface area contributed by atoms with Gasteiger partial charge in [-0.15, -0.1) is 0 Å². The van der Waals surface area contributed by atoms with Gasteiger partial charge in [0.2, 0.25) is 0 Å². The van der Waals surface area contributed by atoms with Crippen LogP contribution in [0.25, 0.3) is 5.76 Å². The smallest absolute Gasteiger partial charge is 0.118 e. The second-order valence-corrected chi connectivity index (χ2v) is 3.12. The van der Waals surface area contributed by atoms with E-state index >= 15 is 0 Å². The van der Waals surface area contributed by atoms with Crippen LogP contribution in [0.3, 0.4) is 0 Å². The summed E-state index contributed by atoms with van der Waals surface area (Å²) in [6, 6.07) is 0. The van der Waals surface area contributed by atoms with Crippen molar-refractivity contribution in [1.29, 1.82) is 0 Å². The zero-order valence-electron chi connectivity index (χ0n) is 6.01. The Morgan fingerprint density at radius 2 is 2.20 bits per heavy atom. The van der Waals surface area contributed by atoms with E-state index in [2.05, 4.69) is 11.0 Å². The van der Waals surface area contributed by atoms with Crippen molar-refractivity contribution >= 4 is 17.3 Å². The topological polar surface area (TPSA) is 33.1 Å². The Bertz CT molecular complexity index is 245. The van der Waals surface area contributed by atoms with E-state index in [9.17, 15) is 0 Å². The molecule has 0 bridgehead atoms. The predicted octanol–water partition coefficient (Wildman–Crippen LogP) is 2.29. The Kier molecular flexibility index (Phi) is 1.76. The van der Waals surface area contributed by atoms with Gasteiger partial charge in [-0.2, -0.15) is 4.37 Å². The zero-order valence-corrected chi connectivity index (χ0v) is 6.83. The number of hydrogen-bond donors (Lipinski definition) is 1. The van der Waals surface area contributed by atoms with Crippen LogP contribution in [0.5, 0.6) is 0 Å². The summed E-state index contributed by atoms with van der Waals surface area (Å²) in [6.45, 7) is 7.22. The summed E-state index contributed by atoms with van der Waals surface area (Å²) in [5.41, 5.74) is 1.65. The van der Waals surface area contributed by atoms with Gasteiger partial charge >= 0.3 is 0 Å². The number of hydrogen-bond acceptors (Lipinski definition) is 3. The summed E-state index contributed by atoms with van der Waals surface area (Å²) in [5, 5.41) is 9.05. The highest BCUT2D eigenvalue weighted by atomic mass is 32.1. The predicted molar refractivity (Wildman–Crippen MR) is 43.3 cm³/mol. The molecule has 0 aliphatic carbocycles. The number of aryl methyl sites for hydroxylation is 2. The maximum Gasteiger partial charge on any atom is 0.118 e. The van der Waals surface area contributed by atoms with Crippen molar-refractivity contribution in [3.63, 3.8) is 0 Å². The lowest BCUT2D eigenvalue weighted by Gasteiger charge is -1.94. The lowest BCUT2D eigenvalue weighted by atomic mass is 10.2. The highest BCUT2D eigenvalue weighted by molar-refractivity contribution is 7.06. The van der Waals surface area contributed by atoms with Gasteiger partial charge in [-0.1, -0.05) is 6.58 Å². The monoisotopic (exact) mass is 155 g/mol. The maximum absolute atomic E-state index is 9.05. The van der Waals surface area contributed by atoms with Crippen LogP contribution in [0, 0.1) is 13.8 Å². The molecule has 0 atom stereocenters. The fraction of sp³-hybridized carbons (Fsp3) is 0.286. The molecule has 0 amide bonds. The molecule has 1 rings (SSSR count). The van der Waals surface area contributed by atoms with Crippen LogP contribution in [0.1, 0.15) is 16.1 Å². The second kappa shape index (κ2) is 2.42. The molecule has 54 valence electrons. The van der Waals surface area contributed by atoms with Gasteiger partial charge in [0, 0.05) is 4.88 Å². The third-order valence-electron chi connectivity index (χ3n) is 1.32. The number of rotatable bonds is 1. The molecule has 0 radical (unpaired) electrons. The summed E-state index contributed by atoms with van der Waals surface area (Å²) >= 11 is 1.39. The standard InChI is InChI=1S/C7H9NOS/c1-4-7(5(2)9)6(3)10-8-4/h9H,2H2,1,3H3. The molecule has 0 spiro atoms. The summed E-state index contributed by atoms with van der Waals surface area (Å²) in [7, 11) is 0. The fourth-order valence-corrected chi connectivity index (χ4v) is 1.62. The number of aliphatic hydroxyl groups excluding tert-OH is 1. The van der Waals surface area contributed by atoms with Crippen LogP contribution in [0.4, 0.5) is 0 Å². The minimum absolute atomic E-state index is 0.115. The first-order valence-corrected chi connectivity index (χ1v) is 3.71. The fourth-order valence-electron chi connectivity index (χ4n) is 0.895. The molecule has 0 aromatic carbocycles. The molecule has 0 saturated heterocycles. The van der Waals surface area contributed by atoms with Crippen LogP contribution in [-0.4, -0.2) is 9.48 Å². The van der Waals surface area contributed by atoms with Gasteiger partial charge in [0.15, 0.2) is 0 Å². The molecule has 0 aliphatic rings. The summed E-state index contributed by atoms with van der Waals surface area (Å²) in [5.74, 6) is 0.115. The van der Waals surface area contributed by atoms with Crippen LogP contribution in [0.2, 0.25) is 0 Å². The second-order valence-electron chi connectivity index (χ2n) is 2.15. The van der Waals surface area contributed by atoms with Gasteiger partial charge in [-0.05, 0) is 25.4 Å². The Morgan fingerprint density at radius 1 is 1.60 bits per heavy atom. The van der Waals surface area contributed by atoms with E-state index in [4.69, 9.17) is 5.11 Å². The number of aromatic nitrogens is 1. The Morgan fingerprint density at radius 3 is 2.40 bits per heavy atom. The maximum atomic E-state index is 9.05. The largest absolute Gasteiger partial charge is 0.508 e. The molecular weight excluding hydrogens is 146 g/mol. The van der Waals surface area contributed by atoms with Crippen molar-refractivity contribution in [3.05, 3.63) is 22.7 Å². The van der Waals surface area contributed by atoms with Gasteiger partial charge in [0.05, 0.1) is 11.3 Å². The summed E-state index contributed by atoms with van der Waals surface area (Å²) in [4.78, 5) is 1.02. The lowest BCUT2D eigenvalue weighted by Crippen LogP contribution is -1.83. The van der Waals surface area contributed by atoms with E-state index < -0.39 is 0 Å². The van der Waals surface area contributed by atoms with Crippen LogP contribution >= 0.6 is 11.5 Å². The van der Waals surface area contributed by atoms with Gasteiger partial charge < -0.3 is 5.11 Å². The first kappa shape index (κ1) is 7.28. The third-order valence-corrected chi connectivity index (χ3v) is 2.17. The minimum Gasteiger partial charge on any atom is -0.508 e. The molecule has 0 saturated carbocycles. The molecule has 1 aromatic heterocycles. The quantitative estimate of drug-likeness (QED) is 0.631. The highest BCUT2D eigenvalue weighted by Gasteiger charge is 2.07. The molecule has 3 heteroatoms. The van der Waals surface area contributed by atoms with Gasteiger partial charge in [0.25, 0.3) is 0 Å². The molecule has 1 aromatic rings. The zero-order chi connectivity index (χ0) is 7.72. The van der Waals surface area contributed by atoms with Crippen molar-refractivity contribution < 1.29 is 5.11 Å². The molecular formula is C7H9NOS. The van der Waals surface area contributed by atoms with E-state index in [0.717, 1.165) is 16.1 Å². The first-order chi connectivity index (χ1) is 4.63. The number of aliphatic hydroxyl groups is 1. The van der Waals surface area contributed by atoms with Crippen molar-refractivity contribution in [2.45, 2.75) is 13.8 Å². The SMILES string of the molecule is C=C(O)c1c(C)nsc1C. The van der Waals surface area contributed by atoms with Crippen molar-refractivity contribution in [2.75, 3.05) is 0 Å². The molecule has 0 fully saturated rings. The summed E-state index contributed by atoms with van der Waals surface area (Å²) < 4.78 is 4.06. The number of nitrogens with zero attached hydrogens (tertiary/aromatic N) is 1. The van der Waals surface area contributed by atoms with Crippen molar-refractivity contribution in [2.24, 2.45) is 0 Å². The first-order valence-electron chi connectivity index (χ1n) is 2.94. The van der Waals surface area contributed by atoms with Crippen molar-refractivity contribution in [1.82, 2.24) is 4.37 Å². The molecule has 0 unspecified atom stereocenters. The lowest BCUT2D eigenvalue weighted by molar-refractivity contribution is 0.513. The average molecular weight is 155 g/mol. The molecule has 1 N–H and O–H groups in total. The average Bonchev–Trinajstić information content (AvgIpc) is 2.11. The third kappa shape index (κ3) is 1.04. The Labute approximate surface area is 64.0 Å². The molecule has 1 heterocycles. The minimum atomic E-state index is 0.115. The Balaban J connectivity index is 3.23. The molecule has 10 heavy (non-hydrogen) atoms. The van der Waals surface area contributed by atoms with E-state index in [-0.39, 0.29) is 5.76 Å². The highest BCUT2D eigenvalue weighted by Crippen LogP contribution is 2.21. The molecule has 2 nitrogen and oxygen atoms in total. The van der Waals surface area contributed by atoms with E-state index in [1.165, 1.54) is 11.5 Å². The molecule has 0 aliphatic heterocycles. The normalized spacial score (nSPS) is 9.80. The Hall–Kier alpha value is -0.830. The van der Waals surface area contributed by atoms with E-state index in [1.54, 1.807) is 0 Å². The van der Waals surface area contributed by atoms with Gasteiger partial charge in [0.1, 0.15) is 5.76 Å². The van der Waals surface area contributed by atoms with Crippen LogP contribution < -0.4 is 0 Å². The summed E-state index contributed by atoms with van der Waals surface area (Å²) in [6.07, 6.45) is 0.